The lowest BCUT2D eigenvalue weighted by Crippen LogP contribution is -2.47. The van der Waals surface area contributed by atoms with E-state index in [2.05, 4.69) is 5.32 Å². The summed E-state index contributed by atoms with van der Waals surface area (Å²) in [6.07, 6.45) is 4.55. The van der Waals surface area contributed by atoms with Gasteiger partial charge in [0.25, 0.3) is 11.8 Å². The number of hydrogen-bond acceptors (Lipinski definition) is 5. The van der Waals surface area contributed by atoms with E-state index in [1.807, 2.05) is 24.3 Å². The summed E-state index contributed by atoms with van der Waals surface area (Å²) < 4.78 is 10.4. The minimum atomic E-state index is -0.150. The fourth-order valence-corrected chi connectivity index (χ4v) is 3.71. The van der Waals surface area contributed by atoms with Gasteiger partial charge < -0.3 is 24.3 Å². The summed E-state index contributed by atoms with van der Waals surface area (Å²) in [4.78, 5) is 40.3. The first-order valence-electron chi connectivity index (χ1n) is 9.75. The average Bonchev–Trinajstić information content (AvgIpc) is 3.28. The summed E-state index contributed by atoms with van der Waals surface area (Å²) in [6.45, 7) is 1.47. The zero-order chi connectivity index (χ0) is 20.2. The number of hydrogen-bond donors (Lipinski definition) is 1. The molecule has 2 aliphatic heterocycles. The van der Waals surface area contributed by atoms with Crippen LogP contribution in [0.2, 0.25) is 0 Å². The van der Waals surface area contributed by atoms with Crippen molar-refractivity contribution in [3.05, 3.63) is 48.4 Å². The highest BCUT2D eigenvalue weighted by molar-refractivity contribution is 5.98. The van der Waals surface area contributed by atoms with E-state index in [1.165, 1.54) is 12.5 Å². The maximum absolute atomic E-state index is 12.4. The third-order valence-corrected chi connectivity index (χ3v) is 5.29. The topological polar surface area (TPSA) is 92.1 Å². The lowest BCUT2D eigenvalue weighted by molar-refractivity contribution is -0.122. The van der Waals surface area contributed by atoms with Crippen LogP contribution >= 0.6 is 0 Å². The highest BCUT2D eigenvalue weighted by Crippen LogP contribution is 2.31. The van der Waals surface area contributed by atoms with Crippen molar-refractivity contribution < 1.29 is 23.5 Å². The summed E-state index contributed by atoms with van der Waals surface area (Å²) in [7, 11) is 0. The van der Waals surface area contributed by atoms with Crippen LogP contribution in [-0.4, -0.2) is 54.9 Å². The number of carbonyl (C=O) groups excluding carboxylic acids is 3. The normalized spacial score (nSPS) is 16.9. The van der Waals surface area contributed by atoms with Gasteiger partial charge in [-0.1, -0.05) is 12.1 Å². The van der Waals surface area contributed by atoms with Crippen LogP contribution in [0.5, 0.6) is 5.75 Å². The Kier molecular flexibility index (Phi) is 5.50. The van der Waals surface area contributed by atoms with Crippen molar-refractivity contribution in [3.63, 3.8) is 0 Å². The Morgan fingerprint density at radius 2 is 1.93 bits per heavy atom. The fraction of sp³-hybridized carbons (Fsp3) is 0.381. The average molecular weight is 397 g/mol. The highest BCUT2D eigenvalue weighted by Gasteiger charge is 2.27. The lowest BCUT2D eigenvalue weighted by atomic mass is 10.0. The van der Waals surface area contributed by atoms with Crippen molar-refractivity contribution in [2.24, 2.45) is 0 Å². The Hall–Kier alpha value is -3.29. The molecule has 152 valence electrons. The van der Waals surface area contributed by atoms with Gasteiger partial charge in [-0.25, -0.2) is 0 Å². The van der Waals surface area contributed by atoms with Crippen molar-refractivity contribution in [2.45, 2.75) is 25.3 Å². The maximum Gasteiger partial charge on any atom is 0.265 e. The van der Waals surface area contributed by atoms with Crippen LogP contribution in [0, 0.1) is 0 Å². The maximum atomic E-state index is 12.4. The van der Waals surface area contributed by atoms with Crippen molar-refractivity contribution in [1.29, 1.82) is 0 Å². The molecule has 0 bridgehead atoms. The first-order chi connectivity index (χ1) is 14.1. The number of anilines is 1. The van der Waals surface area contributed by atoms with Gasteiger partial charge in [0.15, 0.2) is 6.61 Å². The number of benzene rings is 1. The molecule has 8 nitrogen and oxygen atoms in total. The number of amides is 3. The van der Waals surface area contributed by atoms with E-state index >= 15 is 0 Å². The smallest absolute Gasteiger partial charge is 0.265 e. The molecule has 0 spiro atoms. The fourth-order valence-electron chi connectivity index (χ4n) is 3.71. The van der Waals surface area contributed by atoms with Crippen molar-refractivity contribution in [1.82, 2.24) is 10.2 Å². The van der Waals surface area contributed by atoms with Gasteiger partial charge in [0.05, 0.1) is 17.5 Å². The van der Waals surface area contributed by atoms with Crippen molar-refractivity contribution in [3.8, 4) is 5.75 Å². The third-order valence-electron chi connectivity index (χ3n) is 5.29. The SMILES string of the molecule is O=C(CCN1C(=O)COc2ccccc21)NC1CCN(C(=O)c2ccoc2)CC1. The molecule has 0 atom stereocenters. The van der Waals surface area contributed by atoms with Crippen LogP contribution in [0.25, 0.3) is 0 Å². The van der Waals surface area contributed by atoms with Crippen LogP contribution in [0.1, 0.15) is 29.6 Å². The molecule has 1 aromatic carbocycles. The molecular formula is C21H23N3O5. The molecule has 0 radical (unpaired) electrons. The highest BCUT2D eigenvalue weighted by atomic mass is 16.5. The van der Waals surface area contributed by atoms with E-state index in [1.54, 1.807) is 15.9 Å². The third kappa shape index (κ3) is 4.26. The first-order valence-corrected chi connectivity index (χ1v) is 9.75. The predicted octanol–water partition coefficient (Wildman–Crippen LogP) is 1.82. The molecular weight excluding hydrogens is 374 g/mol. The number of likely N-dealkylation sites (tertiary alicyclic amines) is 1. The van der Waals surface area contributed by atoms with Gasteiger partial charge in [-0.15, -0.1) is 0 Å². The number of furan rings is 1. The van der Waals surface area contributed by atoms with E-state index in [9.17, 15) is 14.4 Å². The van der Waals surface area contributed by atoms with Crippen LogP contribution in [0.15, 0.2) is 47.3 Å². The van der Waals surface area contributed by atoms with E-state index in [0.29, 0.717) is 49.5 Å². The quantitative estimate of drug-likeness (QED) is 0.831. The molecule has 4 rings (SSSR count). The Balaban J connectivity index is 1.25. The van der Waals surface area contributed by atoms with Gasteiger partial charge in [-0.3, -0.25) is 14.4 Å². The van der Waals surface area contributed by atoms with Gasteiger partial charge in [0.2, 0.25) is 5.91 Å². The molecule has 0 aliphatic carbocycles. The van der Waals surface area contributed by atoms with Gasteiger partial charge in [0, 0.05) is 32.1 Å². The number of para-hydroxylation sites is 2. The molecule has 3 heterocycles. The van der Waals surface area contributed by atoms with Gasteiger partial charge in [-0.2, -0.15) is 0 Å². The second-order valence-corrected chi connectivity index (χ2v) is 7.20. The van der Waals surface area contributed by atoms with Crippen LogP contribution in [0.3, 0.4) is 0 Å². The van der Waals surface area contributed by atoms with Gasteiger partial charge >= 0.3 is 0 Å². The number of rotatable bonds is 5. The Morgan fingerprint density at radius 3 is 2.69 bits per heavy atom. The largest absolute Gasteiger partial charge is 0.482 e. The molecule has 1 saturated heterocycles. The molecule has 29 heavy (non-hydrogen) atoms. The summed E-state index contributed by atoms with van der Waals surface area (Å²) in [5, 5.41) is 3.03. The van der Waals surface area contributed by atoms with Crippen molar-refractivity contribution in [2.75, 3.05) is 31.1 Å². The number of piperidine rings is 1. The van der Waals surface area contributed by atoms with E-state index in [4.69, 9.17) is 9.15 Å². The number of nitrogens with one attached hydrogen (secondary N) is 1. The molecule has 2 aliphatic rings. The Morgan fingerprint density at radius 1 is 1.14 bits per heavy atom. The van der Waals surface area contributed by atoms with Crippen LogP contribution in [0.4, 0.5) is 5.69 Å². The lowest BCUT2D eigenvalue weighted by Gasteiger charge is -2.32. The molecule has 8 heteroatoms. The molecule has 1 fully saturated rings. The van der Waals surface area contributed by atoms with E-state index < -0.39 is 0 Å². The second-order valence-electron chi connectivity index (χ2n) is 7.20. The van der Waals surface area contributed by atoms with Crippen LogP contribution in [-0.2, 0) is 9.59 Å². The number of carbonyl (C=O) groups is 3. The first kappa shape index (κ1) is 19.0. The monoisotopic (exact) mass is 397 g/mol. The Labute approximate surface area is 168 Å². The van der Waals surface area contributed by atoms with Gasteiger partial charge in [-0.05, 0) is 31.0 Å². The molecule has 0 saturated carbocycles. The zero-order valence-corrected chi connectivity index (χ0v) is 16.0. The molecule has 0 unspecified atom stereocenters. The van der Waals surface area contributed by atoms with Crippen molar-refractivity contribution >= 4 is 23.4 Å². The Bertz CT molecular complexity index is 887. The standard InChI is InChI=1S/C21H23N3O5/c25-19(7-11-24-17-3-1-2-4-18(17)29-14-20(24)26)22-16-5-9-23(10-6-16)21(27)15-8-12-28-13-15/h1-4,8,12-13,16H,5-7,9-11,14H2,(H,22,25). The van der Waals surface area contributed by atoms with E-state index in [0.717, 1.165) is 0 Å². The summed E-state index contributed by atoms with van der Waals surface area (Å²) in [5.74, 6) is 0.360. The van der Waals surface area contributed by atoms with Gasteiger partial charge in [0.1, 0.15) is 12.0 Å². The molecule has 1 aromatic heterocycles. The molecule has 2 aromatic rings. The zero-order valence-electron chi connectivity index (χ0n) is 16.0. The number of nitrogens with zero attached hydrogens (tertiary/aromatic N) is 2. The summed E-state index contributed by atoms with van der Waals surface area (Å²) in [6, 6.07) is 9.00. The number of ether oxygens (including phenoxy) is 1. The van der Waals surface area contributed by atoms with Crippen LogP contribution < -0.4 is 15.0 Å². The summed E-state index contributed by atoms with van der Waals surface area (Å²) in [5.41, 5.74) is 1.24. The molecule has 3 amide bonds. The minimum Gasteiger partial charge on any atom is -0.482 e. The second kappa shape index (κ2) is 8.38. The predicted molar refractivity (Wildman–Crippen MR) is 105 cm³/mol. The summed E-state index contributed by atoms with van der Waals surface area (Å²) >= 11 is 0. The molecule has 1 N–H and O–H groups in total. The number of fused-ring (bicyclic) bond motifs is 1. The van der Waals surface area contributed by atoms with E-state index in [-0.39, 0.29) is 36.8 Å². The minimum absolute atomic E-state index is 0.0121.